The molecule has 0 aliphatic heterocycles. The van der Waals surface area contributed by atoms with Crippen molar-refractivity contribution in [3.63, 3.8) is 0 Å². The van der Waals surface area contributed by atoms with Gasteiger partial charge in [0.2, 0.25) is 0 Å². The van der Waals surface area contributed by atoms with E-state index in [0.29, 0.717) is 16.6 Å². The van der Waals surface area contributed by atoms with Crippen molar-refractivity contribution in [2.75, 3.05) is 5.73 Å². The Labute approximate surface area is 135 Å². The molecule has 0 radical (unpaired) electrons. The molecular formula is C16H12BrClN2O. The molecule has 0 aliphatic rings. The van der Waals surface area contributed by atoms with Gasteiger partial charge < -0.3 is 10.3 Å². The van der Waals surface area contributed by atoms with E-state index in [1.54, 1.807) is 0 Å². The fraction of sp³-hybridized carbons (Fsp3) is 0.0625. The van der Waals surface area contributed by atoms with Crippen molar-refractivity contribution in [1.29, 1.82) is 0 Å². The van der Waals surface area contributed by atoms with Crippen molar-refractivity contribution in [2.45, 2.75) is 6.92 Å². The molecule has 0 saturated carbocycles. The van der Waals surface area contributed by atoms with E-state index < -0.39 is 0 Å². The Hall–Kier alpha value is -1.78. The van der Waals surface area contributed by atoms with Gasteiger partial charge in [0.1, 0.15) is 0 Å². The Bertz CT molecular complexity index is 814. The Morgan fingerprint density at radius 3 is 2.62 bits per heavy atom. The molecule has 0 bridgehead atoms. The summed E-state index contributed by atoms with van der Waals surface area (Å²) in [6, 6.07) is 13.6. The highest BCUT2D eigenvalue weighted by Gasteiger charge is 2.21. The van der Waals surface area contributed by atoms with Gasteiger partial charge in [-0.2, -0.15) is 0 Å². The third kappa shape index (κ3) is 2.57. The maximum atomic E-state index is 6.33. The maximum Gasteiger partial charge on any atom is 0.178 e. The van der Waals surface area contributed by atoms with Crippen LogP contribution < -0.4 is 5.73 Å². The second-order valence-electron chi connectivity index (χ2n) is 4.74. The molecule has 0 unspecified atom stereocenters. The largest absolute Gasteiger partial charge is 0.380 e. The normalized spacial score (nSPS) is 10.8. The SMILES string of the molecule is Cc1ccc(-c2onc(N)c2-c2ccccc2Br)c(Cl)c1. The van der Waals surface area contributed by atoms with Crippen LogP contribution in [0.2, 0.25) is 5.02 Å². The summed E-state index contributed by atoms with van der Waals surface area (Å²) in [5.41, 5.74) is 9.51. The van der Waals surface area contributed by atoms with Gasteiger partial charge in [-0.25, -0.2) is 0 Å². The van der Waals surface area contributed by atoms with Crippen LogP contribution in [-0.4, -0.2) is 5.16 Å². The number of nitrogens with zero attached hydrogens (tertiary/aromatic N) is 1. The highest BCUT2D eigenvalue weighted by Crippen LogP contribution is 2.42. The van der Waals surface area contributed by atoms with Crippen molar-refractivity contribution in [3.05, 3.63) is 57.5 Å². The lowest BCUT2D eigenvalue weighted by molar-refractivity contribution is 0.436. The van der Waals surface area contributed by atoms with Crippen molar-refractivity contribution in [1.82, 2.24) is 5.16 Å². The van der Waals surface area contributed by atoms with Gasteiger partial charge in [0.25, 0.3) is 0 Å². The third-order valence-corrected chi connectivity index (χ3v) is 4.24. The van der Waals surface area contributed by atoms with Crippen LogP contribution in [0.15, 0.2) is 51.5 Å². The monoisotopic (exact) mass is 362 g/mol. The molecule has 0 aliphatic carbocycles. The lowest BCUT2D eigenvalue weighted by atomic mass is 10.0. The first-order valence-electron chi connectivity index (χ1n) is 6.34. The highest BCUT2D eigenvalue weighted by molar-refractivity contribution is 9.10. The van der Waals surface area contributed by atoms with Crippen LogP contribution in [0.25, 0.3) is 22.5 Å². The third-order valence-electron chi connectivity index (χ3n) is 3.23. The molecule has 106 valence electrons. The van der Waals surface area contributed by atoms with E-state index >= 15 is 0 Å². The Morgan fingerprint density at radius 1 is 1.14 bits per heavy atom. The van der Waals surface area contributed by atoms with Crippen molar-refractivity contribution < 1.29 is 4.52 Å². The zero-order chi connectivity index (χ0) is 15.0. The zero-order valence-electron chi connectivity index (χ0n) is 11.2. The van der Waals surface area contributed by atoms with E-state index in [1.165, 1.54) is 0 Å². The van der Waals surface area contributed by atoms with Crippen molar-refractivity contribution in [2.24, 2.45) is 0 Å². The average Bonchev–Trinajstić information content (AvgIpc) is 2.81. The number of aromatic nitrogens is 1. The number of benzene rings is 2. The van der Waals surface area contributed by atoms with E-state index in [1.807, 2.05) is 49.4 Å². The molecule has 0 fully saturated rings. The number of anilines is 1. The minimum Gasteiger partial charge on any atom is -0.380 e. The summed E-state index contributed by atoms with van der Waals surface area (Å²) >= 11 is 9.86. The second-order valence-corrected chi connectivity index (χ2v) is 6.00. The van der Waals surface area contributed by atoms with Crippen LogP contribution in [-0.2, 0) is 0 Å². The Morgan fingerprint density at radius 2 is 1.90 bits per heavy atom. The highest BCUT2D eigenvalue weighted by atomic mass is 79.9. The van der Waals surface area contributed by atoms with Gasteiger partial charge in [-0.05, 0) is 30.7 Å². The summed E-state index contributed by atoms with van der Waals surface area (Å²) in [4.78, 5) is 0. The molecule has 0 atom stereocenters. The summed E-state index contributed by atoms with van der Waals surface area (Å²) in [6.45, 7) is 1.99. The van der Waals surface area contributed by atoms with Crippen LogP contribution in [0, 0.1) is 6.92 Å². The Kier molecular flexibility index (Phi) is 3.74. The topological polar surface area (TPSA) is 52.0 Å². The second kappa shape index (κ2) is 5.54. The molecule has 3 aromatic rings. The number of rotatable bonds is 2. The minimum absolute atomic E-state index is 0.341. The Balaban J connectivity index is 2.25. The molecule has 5 heteroatoms. The van der Waals surface area contributed by atoms with Crippen LogP contribution in [0.4, 0.5) is 5.82 Å². The molecule has 3 rings (SSSR count). The van der Waals surface area contributed by atoms with Crippen LogP contribution >= 0.6 is 27.5 Å². The fourth-order valence-corrected chi connectivity index (χ4v) is 3.02. The van der Waals surface area contributed by atoms with Gasteiger partial charge in [-0.1, -0.05) is 57.0 Å². The first-order valence-corrected chi connectivity index (χ1v) is 7.51. The maximum absolute atomic E-state index is 6.33. The first-order chi connectivity index (χ1) is 10.1. The van der Waals surface area contributed by atoms with Crippen LogP contribution in [0.1, 0.15) is 5.56 Å². The minimum atomic E-state index is 0.341. The van der Waals surface area contributed by atoms with E-state index in [4.69, 9.17) is 21.9 Å². The van der Waals surface area contributed by atoms with E-state index in [9.17, 15) is 0 Å². The molecular weight excluding hydrogens is 352 g/mol. The molecule has 2 aromatic carbocycles. The number of nitrogen functional groups attached to an aromatic ring is 1. The zero-order valence-corrected chi connectivity index (χ0v) is 13.6. The first kappa shape index (κ1) is 14.2. The lowest BCUT2D eigenvalue weighted by Crippen LogP contribution is -1.90. The smallest absolute Gasteiger partial charge is 0.178 e. The summed E-state index contributed by atoms with van der Waals surface area (Å²) in [5.74, 6) is 0.915. The van der Waals surface area contributed by atoms with E-state index in [0.717, 1.165) is 26.7 Å². The van der Waals surface area contributed by atoms with Gasteiger partial charge in [-0.3, -0.25) is 0 Å². The van der Waals surface area contributed by atoms with Crippen molar-refractivity contribution in [3.8, 4) is 22.5 Å². The quantitative estimate of drug-likeness (QED) is 0.671. The summed E-state index contributed by atoms with van der Waals surface area (Å²) in [5, 5.41) is 4.51. The van der Waals surface area contributed by atoms with Crippen LogP contribution in [0.3, 0.4) is 0 Å². The average molecular weight is 364 g/mol. The van der Waals surface area contributed by atoms with Gasteiger partial charge in [0.05, 0.1) is 10.6 Å². The standard InChI is InChI=1S/C16H12BrClN2O/c1-9-6-7-11(13(18)8-9)15-14(16(19)20-21-15)10-4-2-3-5-12(10)17/h2-8H,1H3,(H2,19,20). The van der Waals surface area contributed by atoms with Gasteiger partial charge in [-0.15, -0.1) is 0 Å². The number of aryl methyl sites for hydroxylation is 1. The summed E-state index contributed by atoms with van der Waals surface area (Å²) in [7, 11) is 0. The van der Waals surface area contributed by atoms with Crippen LogP contribution in [0.5, 0.6) is 0 Å². The number of hydrogen-bond acceptors (Lipinski definition) is 3. The molecule has 3 nitrogen and oxygen atoms in total. The molecule has 0 spiro atoms. The lowest BCUT2D eigenvalue weighted by Gasteiger charge is -2.07. The number of hydrogen-bond donors (Lipinski definition) is 1. The molecule has 21 heavy (non-hydrogen) atoms. The van der Waals surface area contributed by atoms with Gasteiger partial charge >= 0.3 is 0 Å². The predicted molar refractivity (Wildman–Crippen MR) is 89.2 cm³/mol. The molecule has 0 saturated heterocycles. The molecule has 0 amide bonds. The fourth-order valence-electron chi connectivity index (χ4n) is 2.21. The van der Waals surface area contributed by atoms with E-state index in [-0.39, 0.29) is 0 Å². The number of halogens is 2. The molecule has 1 aromatic heterocycles. The van der Waals surface area contributed by atoms with E-state index in [2.05, 4.69) is 21.1 Å². The molecule has 2 N–H and O–H groups in total. The number of nitrogens with two attached hydrogens (primary N) is 1. The predicted octanol–water partition coefficient (Wildman–Crippen LogP) is 5.32. The summed E-state index contributed by atoms with van der Waals surface area (Å²) < 4.78 is 6.35. The van der Waals surface area contributed by atoms with Gasteiger partial charge in [0.15, 0.2) is 11.6 Å². The van der Waals surface area contributed by atoms with Gasteiger partial charge in [0, 0.05) is 15.6 Å². The van der Waals surface area contributed by atoms with Crippen molar-refractivity contribution >= 4 is 33.3 Å². The summed E-state index contributed by atoms with van der Waals surface area (Å²) in [6.07, 6.45) is 0. The molecule has 1 heterocycles.